The van der Waals surface area contributed by atoms with Gasteiger partial charge in [0.1, 0.15) is 19.3 Å². The maximum Gasteiger partial charge on any atom is 0.163 e. The average Bonchev–Trinajstić information content (AvgIpc) is 3.06. The molecule has 0 saturated carbocycles. The fourth-order valence-corrected chi connectivity index (χ4v) is 2.73. The van der Waals surface area contributed by atoms with Crippen molar-refractivity contribution in [2.45, 2.75) is 6.92 Å². The summed E-state index contributed by atoms with van der Waals surface area (Å²) in [6.45, 7) is 3.14. The van der Waals surface area contributed by atoms with Crippen molar-refractivity contribution in [1.82, 2.24) is 9.78 Å². The van der Waals surface area contributed by atoms with Crippen molar-refractivity contribution < 1.29 is 9.47 Å². The van der Waals surface area contributed by atoms with Gasteiger partial charge in [-0.3, -0.25) is 0 Å². The van der Waals surface area contributed by atoms with Crippen molar-refractivity contribution in [3.05, 3.63) is 59.8 Å². The van der Waals surface area contributed by atoms with Gasteiger partial charge >= 0.3 is 0 Å². The molecule has 0 aliphatic carbocycles. The summed E-state index contributed by atoms with van der Waals surface area (Å²) in [4.78, 5) is 0. The van der Waals surface area contributed by atoms with Crippen LogP contribution in [-0.2, 0) is 0 Å². The van der Waals surface area contributed by atoms with Crippen LogP contribution in [0.2, 0.25) is 0 Å². The molecule has 0 unspecified atom stereocenters. The number of nitriles is 1. The van der Waals surface area contributed by atoms with E-state index in [1.165, 1.54) is 5.56 Å². The first kappa shape index (κ1) is 14.3. The molecule has 0 radical (unpaired) electrons. The first-order chi connectivity index (χ1) is 11.7. The number of nitrogens with zero attached hydrogens (tertiary/aromatic N) is 3. The lowest BCUT2D eigenvalue weighted by Crippen LogP contribution is -2.15. The van der Waals surface area contributed by atoms with Gasteiger partial charge in [-0.2, -0.15) is 10.4 Å². The number of benzene rings is 2. The number of aromatic nitrogens is 2. The van der Waals surface area contributed by atoms with E-state index < -0.39 is 0 Å². The zero-order valence-corrected chi connectivity index (χ0v) is 13.2. The molecule has 2 aromatic carbocycles. The number of hydrogen-bond acceptors (Lipinski definition) is 4. The van der Waals surface area contributed by atoms with Crippen molar-refractivity contribution in [3.63, 3.8) is 0 Å². The Morgan fingerprint density at radius 2 is 1.75 bits per heavy atom. The van der Waals surface area contributed by atoms with E-state index >= 15 is 0 Å². The second-order valence-electron chi connectivity index (χ2n) is 5.63. The van der Waals surface area contributed by atoms with Crippen LogP contribution < -0.4 is 9.47 Å². The Morgan fingerprint density at radius 3 is 2.50 bits per heavy atom. The highest BCUT2D eigenvalue weighted by molar-refractivity contribution is 5.67. The van der Waals surface area contributed by atoms with E-state index in [-0.39, 0.29) is 0 Å². The molecule has 0 spiro atoms. The van der Waals surface area contributed by atoms with Gasteiger partial charge in [-0.1, -0.05) is 17.7 Å². The van der Waals surface area contributed by atoms with E-state index in [9.17, 15) is 5.26 Å². The lowest BCUT2D eigenvalue weighted by molar-refractivity contribution is 0.171. The third-order valence-electron chi connectivity index (χ3n) is 3.94. The third kappa shape index (κ3) is 2.48. The quantitative estimate of drug-likeness (QED) is 0.726. The van der Waals surface area contributed by atoms with E-state index in [4.69, 9.17) is 9.47 Å². The summed E-state index contributed by atoms with van der Waals surface area (Å²) >= 11 is 0. The normalized spacial score (nSPS) is 12.7. The summed E-state index contributed by atoms with van der Waals surface area (Å²) in [5.74, 6) is 1.46. The number of aryl methyl sites for hydroxylation is 1. The lowest BCUT2D eigenvalue weighted by Gasteiger charge is -2.19. The topological polar surface area (TPSA) is 60.1 Å². The van der Waals surface area contributed by atoms with Gasteiger partial charge in [0.05, 0.1) is 11.4 Å². The molecule has 0 N–H and O–H groups in total. The zero-order chi connectivity index (χ0) is 16.5. The van der Waals surface area contributed by atoms with E-state index in [0.717, 1.165) is 22.7 Å². The standard InChI is InChI=1S/C19H15N3O2/c1-13-2-5-16(6-3-13)22-17(11-15(12-20)21-22)14-4-7-18-19(10-14)24-9-8-23-18/h2-7,10-11H,8-9H2,1H3. The predicted octanol–water partition coefficient (Wildman–Crippen LogP) is 3.49. The summed E-state index contributed by atoms with van der Waals surface area (Å²) in [5, 5.41) is 13.6. The van der Waals surface area contributed by atoms with Gasteiger partial charge in [0.2, 0.25) is 0 Å². The summed E-state index contributed by atoms with van der Waals surface area (Å²) in [5.41, 5.74) is 4.22. The van der Waals surface area contributed by atoms with Gasteiger partial charge in [0.15, 0.2) is 17.2 Å². The number of rotatable bonds is 2. The fourth-order valence-electron chi connectivity index (χ4n) is 2.73. The van der Waals surface area contributed by atoms with Crippen LogP contribution in [0, 0.1) is 18.3 Å². The maximum absolute atomic E-state index is 9.23. The van der Waals surface area contributed by atoms with Crippen LogP contribution in [-0.4, -0.2) is 23.0 Å². The van der Waals surface area contributed by atoms with Crippen LogP contribution in [0.25, 0.3) is 16.9 Å². The van der Waals surface area contributed by atoms with Crippen LogP contribution in [0.15, 0.2) is 48.5 Å². The largest absolute Gasteiger partial charge is 0.486 e. The third-order valence-corrected chi connectivity index (χ3v) is 3.94. The monoisotopic (exact) mass is 317 g/mol. The fraction of sp³-hybridized carbons (Fsp3) is 0.158. The molecular weight excluding hydrogens is 302 g/mol. The summed E-state index contributed by atoms with van der Waals surface area (Å²) in [6.07, 6.45) is 0. The van der Waals surface area contributed by atoms with Crippen molar-refractivity contribution in [2.75, 3.05) is 13.2 Å². The summed E-state index contributed by atoms with van der Waals surface area (Å²) in [6, 6.07) is 17.7. The average molecular weight is 317 g/mol. The molecule has 0 bridgehead atoms. The van der Waals surface area contributed by atoms with Crippen molar-refractivity contribution >= 4 is 0 Å². The van der Waals surface area contributed by atoms with Gasteiger partial charge in [0, 0.05) is 11.6 Å². The molecule has 0 atom stereocenters. The van der Waals surface area contributed by atoms with Crippen LogP contribution in [0.1, 0.15) is 11.3 Å². The van der Waals surface area contributed by atoms with E-state index in [1.807, 2.05) is 49.4 Å². The van der Waals surface area contributed by atoms with Crippen molar-refractivity contribution in [1.29, 1.82) is 5.26 Å². The molecule has 3 aromatic rings. The molecular formula is C19H15N3O2. The van der Waals surface area contributed by atoms with E-state index in [0.29, 0.717) is 24.7 Å². The minimum Gasteiger partial charge on any atom is -0.486 e. The van der Waals surface area contributed by atoms with E-state index in [2.05, 4.69) is 11.2 Å². The molecule has 1 aliphatic heterocycles. The maximum atomic E-state index is 9.23. The zero-order valence-electron chi connectivity index (χ0n) is 13.2. The Hall–Kier alpha value is -3.26. The Balaban J connectivity index is 1.84. The smallest absolute Gasteiger partial charge is 0.163 e. The number of ether oxygens (including phenoxy) is 2. The van der Waals surface area contributed by atoms with Crippen LogP contribution in [0.3, 0.4) is 0 Å². The highest BCUT2D eigenvalue weighted by Gasteiger charge is 2.16. The molecule has 2 heterocycles. The second-order valence-corrected chi connectivity index (χ2v) is 5.63. The van der Waals surface area contributed by atoms with E-state index in [1.54, 1.807) is 10.7 Å². The SMILES string of the molecule is Cc1ccc(-n2nc(C#N)cc2-c2ccc3c(c2)OCCO3)cc1. The molecule has 1 aromatic heterocycles. The van der Waals surface area contributed by atoms with Crippen LogP contribution in [0.5, 0.6) is 11.5 Å². The highest BCUT2D eigenvalue weighted by Crippen LogP contribution is 2.35. The Kier molecular flexibility index (Phi) is 3.43. The Labute approximate surface area is 139 Å². The van der Waals surface area contributed by atoms with Gasteiger partial charge in [-0.05, 0) is 37.3 Å². The molecule has 24 heavy (non-hydrogen) atoms. The molecule has 0 amide bonds. The first-order valence-electron chi connectivity index (χ1n) is 7.72. The minimum atomic E-state index is 0.375. The first-order valence-corrected chi connectivity index (χ1v) is 7.72. The summed E-state index contributed by atoms with van der Waals surface area (Å²) < 4.78 is 13.0. The highest BCUT2D eigenvalue weighted by atomic mass is 16.6. The summed E-state index contributed by atoms with van der Waals surface area (Å²) in [7, 11) is 0. The van der Waals surface area contributed by atoms with Crippen LogP contribution in [0.4, 0.5) is 0 Å². The van der Waals surface area contributed by atoms with Crippen LogP contribution >= 0.6 is 0 Å². The molecule has 0 fully saturated rings. The predicted molar refractivity (Wildman–Crippen MR) is 89.4 cm³/mol. The van der Waals surface area contributed by atoms with Gasteiger partial charge in [0.25, 0.3) is 0 Å². The second kappa shape index (κ2) is 5.74. The number of hydrogen-bond donors (Lipinski definition) is 0. The molecule has 4 rings (SSSR count). The van der Waals surface area contributed by atoms with Gasteiger partial charge in [-0.25, -0.2) is 4.68 Å². The molecule has 118 valence electrons. The molecule has 5 nitrogen and oxygen atoms in total. The molecule has 5 heteroatoms. The Bertz CT molecular complexity index is 936. The van der Waals surface area contributed by atoms with Crippen molar-refractivity contribution in [2.24, 2.45) is 0 Å². The van der Waals surface area contributed by atoms with Gasteiger partial charge < -0.3 is 9.47 Å². The molecule has 1 aliphatic rings. The minimum absolute atomic E-state index is 0.375. The van der Waals surface area contributed by atoms with Crippen molar-refractivity contribution in [3.8, 4) is 34.5 Å². The number of fused-ring (bicyclic) bond motifs is 1. The van der Waals surface area contributed by atoms with Gasteiger partial charge in [-0.15, -0.1) is 0 Å². The Morgan fingerprint density at radius 1 is 1.00 bits per heavy atom. The lowest BCUT2D eigenvalue weighted by atomic mass is 10.1. The molecule has 0 saturated heterocycles.